The quantitative estimate of drug-likeness (QED) is 0.669. The minimum Gasteiger partial charge on any atom is -0.497 e. The van der Waals surface area contributed by atoms with Crippen LogP contribution in [0, 0.1) is 0 Å². The molecule has 4 nitrogen and oxygen atoms in total. The second-order valence-electron chi connectivity index (χ2n) is 5.16. The number of hydrogen-bond acceptors (Lipinski definition) is 4. The van der Waals surface area contributed by atoms with Crippen LogP contribution in [0.2, 0.25) is 0 Å². The fourth-order valence-electron chi connectivity index (χ4n) is 2.80. The van der Waals surface area contributed by atoms with Gasteiger partial charge in [-0.05, 0) is 36.1 Å². The Balaban J connectivity index is 1.99. The molecule has 0 radical (unpaired) electrons. The first-order valence-electron chi connectivity index (χ1n) is 7.18. The molecule has 0 saturated carbocycles. The van der Waals surface area contributed by atoms with Gasteiger partial charge in [-0.3, -0.25) is 5.84 Å². The highest BCUT2D eigenvalue weighted by Gasteiger charge is 2.21. The van der Waals surface area contributed by atoms with Gasteiger partial charge >= 0.3 is 0 Å². The summed E-state index contributed by atoms with van der Waals surface area (Å²) in [6.45, 7) is 0.768. The molecular formula is C17H20N2O2. The molecule has 0 spiro atoms. The molecule has 110 valence electrons. The summed E-state index contributed by atoms with van der Waals surface area (Å²) in [5.41, 5.74) is 6.33. The monoisotopic (exact) mass is 284 g/mol. The zero-order valence-electron chi connectivity index (χ0n) is 12.1. The van der Waals surface area contributed by atoms with Crippen LogP contribution < -0.4 is 20.7 Å². The van der Waals surface area contributed by atoms with Crippen molar-refractivity contribution in [3.05, 3.63) is 59.2 Å². The first-order chi connectivity index (χ1) is 10.3. The lowest BCUT2D eigenvalue weighted by Gasteiger charge is -2.25. The van der Waals surface area contributed by atoms with Crippen molar-refractivity contribution >= 4 is 0 Å². The zero-order valence-corrected chi connectivity index (χ0v) is 12.1. The van der Waals surface area contributed by atoms with Crippen LogP contribution >= 0.6 is 0 Å². The van der Waals surface area contributed by atoms with Gasteiger partial charge in [-0.2, -0.15) is 0 Å². The van der Waals surface area contributed by atoms with Crippen LogP contribution in [-0.4, -0.2) is 13.7 Å². The lowest BCUT2D eigenvalue weighted by molar-refractivity contribution is 0.283. The largest absolute Gasteiger partial charge is 0.497 e. The standard InChI is InChI=1S/C17H20N2O2/c1-20-14-9-7-12(8-10-14)16(19-18)15-6-2-4-13-5-3-11-21-17(13)15/h2,4,6-10,16,19H,3,5,11,18H2,1H3. The minimum atomic E-state index is -0.0936. The number of hydrazine groups is 1. The Morgan fingerprint density at radius 3 is 2.71 bits per heavy atom. The van der Waals surface area contributed by atoms with Gasteiger partial charge in [0.05, 0.1) is 19.8 Å². The number of para-hydroxylation sites is 1. The molecule has 0 fully saturated rings. The maximum Gasteiger partial charge on any atom is 0.127 e. The van der Waals surface area contributed by atoms with E-state index in [1.165, 1.54) is 5.56 Å². The Morgan fingerprint density at radius 1 is 1.19 bits per heavy atom. The Morgan fingerprint density at radius 2 is 2.00 bits per heavy atom. The first-order valence-corrected chi connectivity index (χ1v) is 7.18. The molecule has 4 heteroatoms. The molecule has 0 aromatic heterocycles. The summed E-state index contributed by atoms with van der Waals surface area (Å²) in [6.07, 6.45) is 2.13. The Bertz CT molecular complexity index is 611. The lowest BCUT2D eigenvalue weighted by Crippen LogP contribution is -2.29. The maximum atomic E-state index is 5.88. The molecule has 1 aliphatic rings. The van der Waals surface area contributed by atoms with Crippen molar-refractivity contribution in [2.45, 2.75) is 18.9 Å². The van der Waals surface area contributed by atoms with Crippen molar-refractivity contribution in [1.82, 2.24) is 5.43 Å². The summed E-state index contributed by atoms with van der Waals surface area (Å²) < 4.78 is 11.1. The summed E-state index contributed by atoms with van der Waals surface area (Å²) in [5.74, 6) is 7.61. The Labute approximate surface area is 124 Å². The van der Waals surface area contributed by atoms with E-state index in [1.807, 2.05) is 24.3 Å². The normalized spacial score (nSPS) is 15.0. The average Bonchev–Trinajstić information content (AvgIpc) is 2.56. The third-order valence-corrected chi connectivity index (χ3v) is 3.89. The van der Waals surface area contributed by atoms with Crippen molar-refractivity contribution in [2.24, 2.45) is 5.84 Å². The third kappa shape index (κ3) is 2.73. The number of hydrogen-bond donors (Lipinski definition) is 2. The summed E-state index contributed by atoms with van der Waals surface area (Å²) in [6, 6.07) is 14.1. The van der Waals surface area contributed by atoms with Crippen molar-refractivity contribution in [3.8, 4) is 11.5 Å². The van der Waals surface area contributed by atoms with Crippen LogP contribution in [0.4, 0.5) is 0 Å². The molecule has 0 aliphatic carbocycles. The molecule has 3 N–H and O–H groups in total. The molecule has 1 atom stereocenters. The highest BCUT2D eigenvalue weighted by Crippen LogP contribution is 2.35. The van der Waals surface area contributed by atoms with Crippen molar-refractivity contribution in [3.63, 3.8) is 0 Å². The van der Waals surface area contributed by atoms with E-state index in [0.29, 0.717) is 0 Å². The Kier molecular flexibility index (Phi) is 4.08. The number of fused-ring (bicyclic) bond motifs is 1. The van der Waals surface area contributed by atoms with E-state index < -0.39 is 0 Å². The molecule has 21 heavy (non-hydrogen) atoms. The smallest absolute Gasteiger partial charge is 0.127 e. The van der Waals surface area contributed by atoms with E-state index in [-0.39, 0.29) is 6.04 Å². The van der Waals surface area contributed by atoms with Gasteiger partial charge in [0, 0.05) is 5.56 Å². The summed E-state index contributed by atoms with van der Waals surface area (Å²) in [4.78, 5) is 0. The number of benzene rings is 2. The van der Waals surface area contributed by atoms with E-state index in [9.17, 15) is 0 Å². The van der Waals surface area contributed by atoms with E-state index in [2.05, 4.69) is 23.6 Å². The van der Waals surface area contributed by atoms with E-state index >= 15 is 0 Å². The van der Waals surface area contributed by atoms with Gasteiger partial charge in [-0.15, -0.1) is 0 Å². The molecule has 0 amide bonds. The van der Waals surface area contributed by atoms with E-state index in [0.717, 1.165) is 42.1 Å². The predicted octanol–water partition coefficient (Wildman–Crippen LogP) is 2.57. The van der Waals surface area contributed by atoms with Crippen molar-refractivity contribution < 1.29 is 9.47 Å². The summed E-state index contributed by atoms with van der Waals surface area (Å²) in [7, 11) is 1.66. The summed E-state index contributed by atoms with van der Waals surface area (Å²) in [5, 5.41) is 0. The van der Waals surface area contributed by atoms with E-state index in [1.54, 1.807) is 7.11 Å². The number of ether oxygens (including phenoxy) is 2. The number of rotatable bonds is 4. The zero-order chi connectivity index (χ0) is 14.7. The Hall–Kier alpha value is -2.04. The number of nitrogens with one attached hydrogen (secondary N) is 1. The van der Waals surface area contributed by atoms with Crippen LogP contribution in [0.25, 0.3) is 0 Å². The predicted molar refractivity (Wildman–Crippen MR) is 82.4 cm³/mol. The van der Waals surface area contributed by atoms with Crippen LogP contribution in [0.3, 0.4) is 0 Å². The van der Waals surface area contributed by atoms with Gasteiger partial charge in [-0.25, -0.2) is 5.43 Å². The molecule has 3 rings (SSSR count). The average molecular weight is 284 g/mol. The van der Waals surface area contributed by atoms with Gasteiger partial charge in [0.15, 0.2) is 0 Å². The van der Waals surface area contributed by atoms with Crippen LogP contribution in [-0.2, 0) is 6.42 Å². The number of nitrogens with two attached hydrogens (primary N) is 1. The van der Waals surface area contributed by atoms with Crippen LogP contribution in [0.5, 0.6) is 11.5 Å². The highest BCUT2D eigenvalue weighted by molar-refractivity contribution is 5.48. The van der Waals surface area contributed by atoms with Gasteiger partial charge in [0.1, 0.15) is 11.5 Å². The fraction of sp³-hybridized carbons (Fsp3) is 0.294. The number of aryl methyl sites for hydroxylation is 1. The third-order valence-electron chi connectivity index (χ3n) is 3.89. The minimum absolute atomic E-state index is 0.0936. The fourth-order valence-corrected chi connectivity index (χ4v) is 2.80. The molecule has 1 aliphatic heterocycles. The van der Waals surface area contributed by atoms with Gasteiger partial charge in [0.2, 0.25) is 0 Å². The SMILES string of the molecule is COc1ccc(C(NN)c2cccc3c2OCCC3)cc1. The molecule has 2 aromatic carbocycles. The van der Waals surface area contributed by atoms with Crippen molar-refractivity contribution in [1.29, 1.82) is 0 Å². The molecule has 1 heterocycles. The van der Waals surface area contributed by atoms with Gasteiger partial charge < -0.3 is 9.47 Å². The van der Waals surface area contributed by atoms with E-state index in [4.69, 9.17) is 15.3 Å². The lowest BCUT2D eigenvalue weighted by atomic mass is 9.94. The molecule has 0 saturated heterocycles. The van der Waals surface area contributed by atoms with Crippen LogP contribution in [0.15, 0.2) is 42.5 Å². The van der Waals surface area contributed by atoms with Gasteiger partial charge in [-0.1, -0.05) is 30.3 Å². The molecule has 1 unspecified atom stereocenters. The van der Waals surface area contributed by atoms with Crippen LogP contribution in [0.1, 0.15) is 29.2 Å². The van der Waals surface area contributed by atoms with Crippen molar-refractivity contribution in [2.75, 3.05) is 13.7 Å². The maximum absolute atomic E-state index is 5.88. The highest BCUT2D eigenvalue weighted by atomic mass is 16.5. The second-order valence-corrected chi connectivity index (χ2v) is 5.16. The topological polar surface area (TPSA) is 56.5 Å². The summed E-state index contributed by atoms with van der Waals surface area (Å²) >= 11 is 0. The molecular weight excluding hydrogens is 264 g/mol. The molecule has 2 aromatic rings. The number of methoxy groups -OCH3 is 1. The van der Waals surface area contributed by atoms with Gasteiger partial charge in [0.25, 0.3) is 0 Å². The molecule has 0 bridgehead atoms. The second kappa shape index (κ2) is 6.16. The first kappa shape index (κ1) is 13.9.